The van der Waals surface area contributed by atoms with Gasteiger partial charge in [0.15, 0.2) is 17.0 Å². The van der Waals surface area contributed by atoms with Crippen molar-refractivity contribution in [3.8, 4) is 11.3 Å². The normalized spacial score (nSPS) is 11.9. The summed E-state index contributed by atoms with van der Waals surface area (Å²) in [6.45, 7) is 5.17. The number of benzene rings is 2. The van der Waals surface area contributed by atoms with E-state index < -0.39 is 17.8 Å². The van der Waals surface area contributed by atoms with Crippen LogP contribution in [0.4, 0.5) is 18.9 Å². The third-order valence-corrected chi connectivity index (χ3v) is 6.72. The molecule has 9 nitrogen and oxygen atoms in total. The summed E-state index contributed by atoms with van der Waals surface area (Å²) in [5.41, 5.74) is 1.69. The van der Waals surface area contributed by atoms with E-state index >= 15 is 0 Å². The van der Waals surface area contributed by atoms with Crippen LogP contribution < -0.4 is 5.32 Å². The fraction of sp³-hybridized carbons (Fsp3) is 0.179. The molecule has 0 unspecified atom stereocenters. The van der Waals surface area contributed by atoms with Gasteiger partial charge in [0.05, 0.1) is 30.3 Å². The van der Waals surface area contributed by atoms with Crippen molar-refractivity contribution in [1.82, 2.24) is 34.2 Å². The van der Waals surface area contributed by atoms with E-state index in [9.17, 15) is 18.0 Å². The van der Waals surface area contributed by atoms with Gasteiger partial charge >= 0.3 is 6.18 Å². The van der Waals surface area contributed by atoms with E-state index in [0.29, 0.717) is 22.3 Å². The maximum absolute atomic E-state index is 14.1. The Morgan fingerprint density at radius 2 is 1.80 bits per heavy atom. The second-order valence-electron chi connectivity index (χ2n) is 9.34. The van der Waals surface area contributed by atoms with Crippen molar-refractivity contribution in [2.24, 2.45) is 0 Å². The number of amides is 1. The average molecular weight is 545 g/mol. The van der Waals surface area contributed by atoms with Crippen molar-refractivity contribution >= 4 is 28.0 Å². The number of hydrogen-bond donors (Lipinski definition) is 1. The first kappa shape index (κ1) is 25.3. The molecule has 0 atom stereocenters. The van der Waals surface area contributed by atoms with E-state index in [1.54, 1.807) is 29.2 Å². The molecule has 0 fully saturated rings. The molecule has 1 N–H and O–H groups in total. The molecular weight excluding hydrogens is 521 g/mol. The molecule has 4 heterocycles. The van der Waals surface area contributed by atoms with Crippen LogP contribution in [0.1, 0.15) is 34.4 Å². The molecule has 6 aromatic rings. The summed E-state index contributed by atoms with van der Waals surface area (Å²) in [7, 11) is 0. The number of carbonyl (C=O) groups excluding carboxylic acids is 1. The number of nitrogens with one attached hydrogen (secondary N) is 1. The van der Waals surface area contributed by atoms with E-state index in [4.69, 9.17) is 0 Å². The number of carbonyl (C=O) groups is 1. The minimum Gasteiger partial charge on any atom is -0.318 e. The molecule has 0 radical (unpaired) electrons. The monoisotopic (exact) mass is 544 g/mol. The third kappa shape index (κ3) is 4.68. The van der Waals surface area contributed by atoms with Crippen molar-refractivity contribution < 1.29 is 18.0 Å². The number of aromatic nitrogens is 7. The molecule has 0 aliphatic carbocycles. The molecule has 40 heavy (non-hydrogen) atoms. The summed E-state index contributed by atoms with van der Waals surface area (Å²) in [5, 5.41) is 17.0. The number of anilines is 1. The van der Waals surface area contributed by atoms with E-state index in [1.807, 2.05) is 48.9 Å². The highest BCUT2D eigenvalue weighted by molar-refractivity contribution is 6.03. The molecule has 0 saturated carbocycles. The number of fused-ring (bicyclic) bond motifs is 2. The lowest BCUT2D eigenvalue weighted by atomic mass is 10.0. The van der Waals surface area contributed by atoms with Crippen LogP contribution in [0.5, 0.6) is 0 Å². The molecule has 202 valence electrons. The lowest BCUT2D eigenvalue weighted by Gasteiger charge is -2.11. The maximum atomic E-state index is 14.1. The van der Waals surface area contributed by atoms with E-state index in [1.165, 1.54) is 12.3 Å². The van der Waals surface area contributed by atoms with Gasteiger partial charge in [-0.25, -0.2) is 9.50 Å². The second-order valence-corrected chi connectivity index (χ2v) is 9.34. The molecule has 0 aliphatic rings. The molecule has 6 rings (SSSR count). The van der Waals surface area contributed by atoms with Gasteiger partial charge in [0.2, 0.25) is 0 Å². The Balaban J connectivity index is 1.29. The first-order valence-corrected chi connectivity index (χ1v) is 12.5. The van der Waals surface area contributed by atoms with Crippen LogP contribution in [-0.2, 0) is 19.3 Å². The van der Waals surface area contributed by atoms with Gasteiger partial charge in [-0.1, -0.05) is 36.4 Å². The zero-order valence-electron chi connectivity index (χ0n) is 21.5. The van der Waals surface area contributed by atoms with Crippen LogP contribution in [-0.4, -0.2) is 40.1 Å². The SMILES string of the molecule is CCn1ncc(Cn2cc(NC(=O)c3cc4nc(-c5ccc6ccccc6c5)cc(C(F)(F)F)n4n3)cn2)c1C. The molecule has 0 bridgehead atoms. The van der Waals surface area contributed by atoms with Crippen LogP contribution in [0, 0.1) is 6.92 Å². The highest BCUT2D eigenvalue weighted by Crippen LogP contribution is 2.33. The average Bonchev–Trinajstić information content (AvgIpc) is 3.66. The Kier molecular flexibility index (Phi) is 6.09. The maximum Gasteiger partial charge on any atom is 0.433 e. The van der Waals surface area contributed by atoms with Crippen molar-refractivity contribution in [2.45, 2.75) is 33.1 Å². The van der Waals surface area contributed by atoms with Gasteiger partial charge < -0.3 is 5.32 Å². The molecule has 0 spiro atoms. The summed E-state index contributed by atoms with van der Waals surface area (Å²) in [6, 6.07) is 15.1. The molecular formula is C28H23F3N8O. The van der Waals surface area contributed by atoms with Gasteiger partial charge in [-0.3, -0.25) is 14.2 Å². The minimum atomic E-state index is -4.72. The molecule has 0 aliphatic heterocycles. The fourth-order valence-electron chi connectivity index (χ4n) is 4.63. The summed E-state index contributed by atoms with van der Waals surface area (Å²) in [5.74, 6) is -0.680. The second kappa shape index (κ2) is 9.63. The van der Waals surface area contributed by atoms with Crippen LogP contribution >= 0.6 is 0 Å². The van der Waals surface area contributed by atoms with Crippen LogP contribution in [0.2, 0.25) is 0 Å². The largest absolute Gasteiger partial charge is 0.433 e. The molecule has 2 aromatic carbocycles. The molecule has 4 aromatic heterocycles. The van der Waals surface area contributed by atoms with Gasteiger partial charge in [-0.15, -0.1) is 0 Å². The number of hydrogen-bond acceptors (Lipinski definition) is 5. The summed E-state index contributed by atoms with van der Waals surface area (Å²) in [6.07, 6.45) is 0.141. The van der Waals surface area contributed by atoms with Gasteiger partial charge in [0, 0.05) is 35.6 Å². The predicted molar refractivity (Wildman–Crippen MR) is 143 cm³/mol. The Labute approximate surface area is 225 Å². The molecule has 1 amide bonds. The summed E-state index contributed by atoms with van der Waals surface area (Å²) in [4.78, 5) is 17.4. The molecule has 12 heteroatoms. The van der Waals surface area contributed by atoms with Gasteiger partial charge in [0.1, 0.15) is 0 Å². The zero-order chi connectivity index (χ0) is 28.0. The van der Waals surface area contributed by atoms with Crippen molar-refractivity contribution in [3.63, 3.8) is 0 Å². The van der Waals surface area contributed by atoms with E-state index in [0.717, 1.165) is 34.6 Å². The number of halogens is 3. The minimum absolute atomic E-state index is 0.0951. The van der Waals surface area contributed by atoms with Crippen molar-refractivity contribution in [3.05, 3.63) is 95.8 Å². The van der Waals surface area contributed by atoms with Gasteiger partial charge in [-0.2, -0.15) is 28.5 Å². The number of alkyl halides is 3. The zero-order valence-corrected chi connectivity index (χ0v) is 21.5. The van der Waals surface area contributed by atoms with Gasteiger partial charge in [-0.05, 0) is 36.8 Å². The lowest BCUT2D eigenvalue weighted by molar-refractivity contribution is -0.142. The number of rotatable bonds is 6. The quantitative estimate of drug-likeness (QED) is 0.295. The molecule has 0 saturated heterocycles. The Morgan fingerprint density at radius 3 is 2.55 bits per heavy atom. The smallest absolute Gasteiger partial charge is 0.318 e. The summed E-state index contributed by atoms with van der Waals surface area (Å²) < 4.78 is 46.3. The lowest BCUT2D eigenvalue weighted by Crippen LogP contribution is -2.15. The van der Waals surface area contributed by atoms with Crippen molar-refractivity contribution in [1.29, 1.82) is 0 Å². The van der Waals surface area contributed by atoms with E-state index in [2.05, 4.69) is 25.6 Å². The fourth-order valence-corrected chi connectivity index (χ4v) is 4.63. The standard InChI is InChI=1S/C28H23F3N8O/c1-3-38-17(2)21(13-33-38)15-37-16-22(14-32-37)34-27(40)24-12-26-35-23(11-25(28(29,30)31)39(26)36-24)20-9-8-18-6-4-5-7-19(18)10-20/h4-14,16H,3,15H2,1-2H3,(H,34,40). The third-order valence-electron chi connectivity index (χ3n) is 6.72. The van der Waals surface area contributed by atoms with Crippen LogP contribution in [0.25, 0.3) is 27.7 Å². The Bertz CT molecular complexity index is 1880. The number of nitrogens with zero attached hydrogens (tertiary/aromatic N) is 7. The first-order valence-electron chi connectivity index (χ1n) is 12.5. The highest BCUT2D eigenvalue weighted by Gasteiger charge is 2.35. The topological polar surface area (TPSA) is 94.9 Å². The van der Waals surface area contributed by atoms with Gasteiger partial charge in [0.25, 0.3) is 5.91 Å². The van der Waals surface area contributed by atoms with E-state index in [-0.39, 0.29) is 17.0 Å². The highest BCUT2D eigenvalue weighted by atomic mass is 19.4. The summed E-state index contributed by atoms with van der Waals surface area (Å²) >= 11 is 0. The number of aryl methyl sites for hydroxylation is 1. The Morgan fingerprint density at radius 1 is 1.00 bits per heavy atom. The van der Waals surface area contributed by atoms with Crippen LogP contribution in [0.3, 0.4) is 0 Å². The Hall–Kier alpha value is -5.00. The van der Waals surface area contributed by atoms with Crippen LogP contribution in [0.15, 0.2) is 73.2 Å². The van der Waals surface area contributed by atoms with Crippen molar-refractivity contribution in [2.75, 3.05) is 5.32 Å². The predicted octanol–water partition coefficient (Wildman–Crippen LogP) is 5.59. The first-order chi connectivity index (χ1) is 19.2.